The van der Waals surface area contributed by atoms with E-state index in [1.165, 1.54) is 49.7 Å². The van der Waals surface area contributed by atoms with Crippen molar-refractivity contribution in [3.05, 3.63) is 65.2 Å². The quantitative estimate of drug-likeness (QED) is 0.402. The van der Waals surface area contributed by atoms with E-state index in [9.17, 15) is 0 Å². The van der Waals surface area contributed by atoms with E-state index in [1.54, 1.807) is 0 Å². The van der Waals surface area contributed by atoms with Crippen molar-refractivity contribution in [3.63, 3.8) is 0 Å². The van der Waals surface area contributed by atoms with Crippen LogP contribution in [0.15, 0.2) is 48.5 Å². The molecule has 142 valence electrons. The van der Waals surface area contributed by atoms with Gasteiger partial charge in [-0.05, 0) is 74.8 Å². The van der Waals surface area contributed by atoms with Crippen LogP contribution in [0, 0.1) is 24.7 Å². The zero-order valence-corrected chi connectivity index (χ0v) is 16.8. The molecule has 0 aromatic heterocycles. The van der Waals surface area contributed by atoms with Gasteiger partial charge in [0.15, 0.2) is 0 Å². The topological polar surface area (TPSA) is 9.23 Å². The first-order chi connectivity index (χ1) is 13.2. The van der Waals surface area contributed by atoms with Crippen LogP contribution in [0.1, 0.15) is 74.5 Å². The summed E-state index contributed by atoms with van der Waals surface area (Å²) in [5.74, 6) is 9.09. The van der Waals surface area contributed by atoms with Gasteiger partial charge in [-0.15, -0.1) is 0 Å². The minimum absolute atomic E-state index is 0.539. The van der Waals surface area contributed by atoms with Gasteiger partial charge in [0, 0.05) is 11.5 Å². The summed E-state index contributed by atoms with van der Waals surface area (Å²) < 4.78 is 5.77. The molecule has 0 atom stereocenters. The number of ether oxygens (including phenoxy) is 1. The van der Waals surface area contributed by atoms with Crippen molar-refractivity contribution in [2.75, 3.05) is 6.61 Å². The van der Waals surface area contributed by atoms with E-state index in [4.69, 9.17) is 4.74 Å². The molecule has 1 nitrogen and oxygen atoms in total. The largest absolute Gasteiger partial charge is 0.494 e. The minimum atomic E-state index is 0.539. The Morgan fingerprint density at radius 1 is 0.889 bits per heavy atom. The predicted molar refractivity (Wildman–Crippen MR) is 114 cm³/mol. The molecule has 1 fully saturated rings. The first-order valence-corrected chi connectivity index (χ1v) is 10.6. The Morgan fingerprint density at radius 3 is 2.26 bits per heavy atom. The summed E-state index contributed by atoms with van der Waals surface area (Å²) in [7, 11) is 0. The van der Waals surface area contributed by atoms with E-state index in [-0.39, 0.29) is 0 Å². The lowest BCUT2D eigenvalue weighted by molar-refractivity contribution is 0.306. The summed E-state index contributed by atoms with van der Waals surface area (Å²) in [6.07, 6.45) is 8.53. The Balaban J connectivity index is 1.46. The second kappa shape index (κ2) is 10.2. The summed E-state index contributed by atoms with van der Waals surface area (Å²) in [4.78, 5) is 0. The maximum Gasteiger partial charge on any atom is 0.119 e. The molecule has 0 amide bonds. The Labute approximate surface area is 165 Å². The van der Waals surface area contributed by atoms with E-state index < -0.39 is 0 Å². The molecule has 0 heterocycles. The third-order valence-corrected chi connectivity index (χ3v) is 5.57. The molecule has 1 aliphatic carbocycles. The molecule has 2 aromatic rings. The molecule has 0 radical (unpaired) electrons. The molecule has 0 unspecified atom stereocenters. The zero-order chi connectivity index (χ0) is 18.9. The normalized spacial score (nSPS) is 19.2. The van der Waals surface area contributed by atoms with Crippen molar-refractivity contribution in [3.8, 4) is 17.6 Å². The van der Waals surface area contributed by atoms with Crippen LogP contribution in [-0.2, 0) is 0 Å². The van der Waals surface area contributed by atoms with Gasteiger partial charge in [-0.2, -0.15) is 0 Å². The third kappa shape index (κ3) is 6.17. The van der Waals surface area contributed by atoms with Crippen molar-refractivity contribution in [2.24, 2.45) is 5.92 Å². The molecule has 27 heavy (non-hydrogen) atoms. The zero-order valence-electron chi connectivity index (χ0n) is 16.8. The second-order valence-electron chi connectivity index (χ2n) is 7.81. The van der Waals surface area contributed by atoms with Gasteiger partial charge in [0.05, 0.1) is 6.61 Å². The van der Waals surface area contributed by atoms with Crippen LogP contribution in [0.4, 0.5) is 0 Å². The molecule has 0 bridgehead atoms. The number of aryl methyl sites for hydroxylation is 1. The first-order valence-electron chi connectivity index (χ1n) is 10.6. The lowest BCUT2D eigenvalue weighted by atomic mass is 9.79. The highest BCUT2D eigenvalue weighted by molar-refractivity contribution is 5.38. The Kier molecular flexibility index (Phi) is 7.40. The van der Waals surface area contributed by atoms with E-state index in [0.717, 1.165) is 24.3 Å². The monoisotopic (exact) mass is 360 g/mol. The van der Waals surface area contributed by atoms with E-state index in [0.29, 0.717) is 11.8 Å². The van der Waals surface area contributed by atoms with Crippen LogP contribution in [0.2, 0.25) is 0 Å². The fourth-order valence-corrected chi connectivity index (χ4v) is 3.77. The first kappa shape index (κ1) is 19.6. The van der Waals surface area contributed by atoms with Crippen LogP contribution in [0.3, 0.4) is 0 Å². The minimum Gasteiger partial charge on any atom is -0.494 e. The van der Waals surface area contributed by atoms with Gasteiger partial charge in [-0.25, -0.2) is 0 Å². The van der Waals surface area contributed by atoms with Gasteiger partial charge in [0.2, 0.25) is 0 Å². The highest BCUT2D eigenvalue weighted by Crippen LogP contribution is 2.35. The van der Waals surface area contributed by atoms with Gasteiger partial charge in [-0.1, -0.05) is 61.4 Å². The third-order valence-electron chi connectivity index (χ3n) is 5.57. The summed E-state index contributed by atoms with van der Waals surface area (Å²) in [6.45, 7) is 5.17. The number of hydrogen-bond donors (Lipinski definition) is 0. The van der Waals surface area contributed by atoms with Crippen molar-refractivity contribution in [2.45, 2.75) is 64.7 Å². The number of benzene rings is 2. The van der Waals surface area contributed by atoms with Crippen LogP contribution >= 0.6 is 0 Å². The number of hydrogen-bond acceptors (Lipinski definition) is 1. The van der Waals surface area contributed by atoms with Crippen molar-refractivity contribution < 1.29 is 4.74 Å². The van der Waals surface area contributed by atoms with Crippen LogP contribution in [0.5, 0.6) is 5.75 Å². The Bertz CT molecular complexity index is 738. The van der Waals surface area contributed by atoms with Crippen molar-refractivity contribution in [1.29, 1.82) is 0 Å². The molecular formula is C26H32O. The average Bonchev–Trinajstić information content (AvgIpc) is 2.72. The van der Waals surface area contributed by atoms with E-state index in [2.05, 4.69) is 62.1 Å². The molecule has 1 aliphatic rings. The highest BCUT2D eigenvalue weighted by atomic mass is 16.5. The fraction of sp³-hybridized carbons (Fsp3) is 0.462. The molecule has 0 aliphatic heterocycles. The van der Waals surface area contributed by atoms with E-state index >= 15 is 0 Å². The van der Waals surface area contributed by atoms with Crippen molar-refractivity contribution in [1.82, 2.24) is 0 Å². The molecule has 2 aromatic carbocycles. The van der Waals surface area contributed by atoms with Crippen LogP contribution in [-0.4, -0.2) is 6.61 Å². The second-order valence-corrected chi connectivity index (χ2v) is 7.81. The van der Waals surface area contributed by atoms with E-state index in [1.807, 2.05) is 12.1 Å². The molecule has 0 saturated heterocycles. The molecule has 0 N–H and O–H groups in total. The van der Waals surface area contributed by atoms with Gasteiger partial charge in [-0.3, -0.25) is 0 Å². The number of unbranched alkanes of at least 4 members (excludes halogenated alkanes) is 2. The molecule has 1 heteroatoms. The van der Waals surface area contributed by atoms with Crippen molar-refractivity contribution >= 4 is 0 Å². The van der Waals surface area contributed by atoms with Gasteiger partial charge in [0.1, 0.15) is 5.75 Å². The van der Waals surface area contributed by atoms with Crippen LogP contribution in [0.25, 0.3) is 0 Å². The molecule has 1 saturated carbocycles. The summed E-state index contributed by atoms with van der Waals surface area (Å²) in [6, 6.07) is 17.3. The number of rotatable bonds is 6. The summed E-state index contributed by atoms with van der Waals surface area (Å²) in [5, 5.41) is 0. The predicted octanol–water partition coefficient (Wildman–Crippen LogP) is 6.89. The lowest BCUT2D eigenvalue weighted by Crippen LogP contribution is -2.12. The van der Waals surface area contributed by atoms with Gasteiger partial charge in [0.25, 0.3) is 0 Å². The Morgan fingerprint density at radius 2 is 1.59 bits per heavy atom. The Hall–Kier alpha value is -2.20. The summed E-state index contributed by atoms with van der Waals surface area (Å²) >= 11 is 0. The maximum atomic E-state index is 5.77. The highest BCUT2D eigenvalue weighted by Gasteiger charge is 2.20. The lowest BCUT2D eigenvalue weighted by Gasteiger charge is -2.26. The smallest absolute Gasteiger partial charge is 0.119 e. The maximum absolute atomic E-state index is 5.77. The SMILES string of the molecule is CCCCCOc1ccc(C#CC2CCC(c3ccc(C)cc3)CC2)cc1. The van der Waals surface area contributed by atoms with Gasteiger partial charge < -0.3 is 4.74 Å². The summed E-state index contributed by atoms with van der Waals surface area (Å²) in [5.41, 5.74) is 3.94. The molecule has 3 rings (SSSR count). The van der Waals surface area contributed by atoms with Crippen LogP contribution < -0.4 is 4.74 Å². The average molecular weight is 361 g/mol. The fourth-order valence-electron chi connectivity index (χ4n) is 3.77. The molecule has 0 spiro atoms. The standard InChI is InChI=1S/C26H32O/c1-3-4-5-20-27-26-18-12-23(13-19-26)9-8-22-10-16-25(17-11-22)24-14-6-21(2)7-15-24/h6-7,12-15,18-19,22,25H,3-5,10-11,16-17,20H2,1-2H3. The van der Waals surface area contributed by atoms with Gasteiger partial charge >= 0.3 is 0 Å². The molecular weight excluding hydrogens is 328 g/mol.